The highest BCUT2D eigenvalue weighted by molar-refractivity contribution is 7.13. The molecule has 0 radical (unpaired) electrons. The molecular weight excluding hydrogens is 404 g/mol. The average molecular weight is 431 g/mol. The van der Waals surface area contributed by atoms with E-state index in [2.05, 4.69) is 26.0 Å². The van der Waals surface area contributed by atoms with Crippen molar-refractivity contribution in [1.29, 1.82) is 0 Å². The van der Waals surface area contributed by atoms with Gasteiger partial charge in [0, 0.05) is 25.3 Å². The highest BCUT2D eigenvalue weighted by atomic mass is 35.5. The van der Waals surface area contributed by atoms with Gasteiger partial charge < -0.3 is 10.6 Å². The van der Waals surface area contributed by atoms with Gasteiger partial charge in [-0.05, 0) is 28.8 Å². The monoisotopic (exact) mass is 430 g/mol. The van der Waals surface area contributed by atoms with Crippen LogP contribution in [0.5, 0.6) is 0 Å². The van der Waals surface area contributed by atoms with Crippen molar-refractivity contribution < 1.29 is 4.79 Å². The first-order valence-corrected chi connectivity index (χ1v) is 10.5. The Labute approximate surface area is 181 Å². The van der Waals surface area contributed by atoms with E-state index < -0.39 is 0 Å². The second kappa shape index (κ2) is 8.69. The summed E-state index contributed by atoms with van der Waals surface area (Å²) in [5.41, 5.74) is 8.77. The maximum Gasteiger partial charge on any atom is 0.257 e. The minimum atomic E-state index is -0.0863. The predicted octanol–water partition coefficient (Wildman–Crippen LogP) is 4.28. The number of nitrogens with zero attached hydrogens (tertiary/aromatic N) is 3. The van der Waals surface area contributed by atoms with Gasteiger partial charge in [-0.2, -0.15) is 5.10 Å². The van der Waals surface area contributed by atoms with Gasteiger partial charge in [0.1, 0.15) is 5.69 Å². The lowest BCUT2D eigenvalue weighted by atomic mass is 9.79. The van der Waals surface area contributed by atoms with Gasteiger partial charge in [-0.15, -0.1) is 23.7 Å². The number of carbonyl (C=O) groups excluding carboxylic acids is 1. The summed E-state index contributed by atoms with van der Waals surface area (Å²) in [5.74, 6) is 0.0442. The molecule has 29 heavy (non-hydrogen) atoms. The first-order valence-electron chi connectivity index (χ1n) is 9.64. The Hall–Kier alpha value is -2.15. The molecule has 1 atom stereocenters. The summed E-state index contributed by atoms with van der Waals surface area (Å²) in [6.07, 6.45) is 2.72. The van der Waals surface area contributed by atoms with Gasteiger partial charge >= 0.3 is 0 Å². The van der Waals surface area contributed by atoms with Gasteiger partial charge in [0.2, 0.25) is 0 Å². The second-order valence-corrected chi connectivity index (χ2v) is 9.11. The molecule has 0 bridgehead atoms. The largest absolute Gasteiger partial charge is 0.338 e. The lowest BCUT2D eigenvalue weighted by molar-refractivity contribution is 0.0533. The number of halogens is 1. The van der Waals surface area contributed by atoms with Crippen molar-refractivity contribution >= 4 is 29.7 Å². The van der Waals surface area contributed by atoms with Gasteiger partial charge in [-0.1, -0.05) is 50.2 Å². The third kappa shape index (κ3) is 4.55. The van der Waals surface area contributed by atoms with Gasteiger partial charge in [0.25, 0.3) is 5.91 Å². The molecule has 1 aliphatic rings. The van der Waals surface area contributed by atoms with E-state index in [0.717, 1.165) is 22.6 Å². The SMILES string of the molecule is CC1(C)CN(C(=O)c2cn(Cc3ccccc3)nc2-c2cccs2)CCC1N.Cl. The Balaban J connectivity index is 0.00000240. The summed E-state index contributed by atoms with van der Waals surface area (Å²) in [6, 6.07) is 14.3. The van der Waals surface area contributed by atoms with Gasteiger partial charge in [0.05, 0.1) is 17.0 Å². The van der Waals surface area contributed by atoms with Crippen LogP contribution in [0.1, 0.15) is 36.2 Å². The molecule has 1 amide bonds. The smallest absolute Gasteiger partial charge is 0.257 e. The number of nitrogens with two attached hydrogens (primary N) is 1. The molecule has 1 saturated heterocycles. The van der Waals surface area contributed by atoms with Crippen LogP contribution in [0.2, 0.25) is 0 Å². The molecule has 0 aliphatic carbocycles. The minimum absolute atomic E-state index is 0. The summed E-state index contributed by atoms with van der Waals surface area (Å²) >= 11 is 1.61. The third-order valence-corrected chi connectivity index (χ3v) is 6.41. The van der Waals surface area contributed by atoms with E-state index in [-0.39, 0.29) is 29.8 Å². The lowest BCUT2D eigenvalue weighted by Gasteiger charge is -2.42. The highest BCUT2D eigenvalue weighted by Gasteiger charge is 2.36. The van der Waals surface area contributed by atoms with E-state index in [1.54, 1.807) is 11.3 Å². The molecule has 0 spiro atoms. The van der Waals surface area contributed by atoms with Crippen LogP contribution in [0.3, 0.4) is 0 Å². The van der Waals surface area contributed by atoms with Crippen LogP contribution in [-0.2, 0) is 6.54 Å². The summed E-state index contributed by atoms with van der Waals surface area (Å²) in [5, 5.41) is 6.79. The minimum Gasteiger partial charge on any atom is -0.338 e. The lowest BCUT2D eigenvalue weighted by Crippen LogP contribution is -2.54. The molecule has 154 valence electrons. The van der Waals surface area contributed by atoms with Crippen molar-refractivity contribution in [3.63, 3.8) is 0 Å². The quantitative estimate of drug-likeness (QED) is 0.671. The van der Waals surface area contributed by atoms with Gasteiger partial charge in [0.15, 0.2) is 0 Å². The number of hydrogen-bond donors (Lipinski definition) is 1. The van der Waals surface area contributed by atoms with E-state index in [4.69, 9.17) is 10.8 Å². The van der Waals surface area contributed by atoms with Crippen molar-refractivity contribution in [1.82, 2.24) is 14.7 Å². The number of thiophene rings is 1. The van der Waals surface area contributed by atoms with Crippen LogP contribution < -0.4 is 5.73 Å². The van der Waals surface area contributed by atoms with Crippen molar-refractivity contribution in [2.75, 3.05) is 13.1 Å². The fourth-order valence-electron chi connectivity index (χ4n) is 3.74. The number of hydrogen-bond acceptors (Lipinski definition) is 4. The standard InChI is InChI=1S/C22H26N4OS.ClH/c1-22(2)15-25(11-10-19(22)23)21(27)17-14-26(13-16-7-4-3-5-8-16)24-20(17)18-9-6-12-28-18;/h3-9,12,14,19H,10-11,13,15,23H2,1-2H3;1H. The zero-order valence-corrected chi connectivity index (χ0v) is 18.4. The predicted molar refractivity (Wildman–Crippen MR) is 121 cm³/mol. The van der Waals surface area contributed by atoms with E-state index in [1.165, 1.54) is 0 Å². The fourth-order valence-corrected chi connectivity index (χ4v) is 4.47. The molecule has 0 saturated carbocycles. The van der Waals surface area contributed by atoms with Crippen LogP contribution in [0, 0.1) is 5.41 Å². The number of benzene rings is 1. The number of piperidine rings is 1. The molecule has 1 fully saturated rings. The molecule has 1 aromatic carbocycles. The number of likely N-dealkylation sites (tertiary alicyclic amines) is 1. The molecule has 2 N–H and O–H groups in total. The second-order valence-electron chi connectivity index (χ2n) is 8.16. The third-order valence-electron chi connectivity index (χ3n) is 5.53. The van der Waals surface area contributed by atoms with Crippen LogP contribution >= 0.6 is 23.7 Å². The molecule has 1 aliphatic heterocycles. The summed E-state index contributed by atoms with van der Waals surface area (Å²) < 4.78 is 1.87. The average Bonchev–Trinajstić information content (AvgIpc) is 3.34. The maximum atomic E-state index is 13.4. The van der Waals surface area contributed by atoms with Crippen LogP contribution in [0.25, 0.3) is 10.6 Å². The Bertz CT molecular complexity index is 953. The summed E-state index contributed by atoms with van der Waals surface area (Å²) in [6.45, 7) is 6.27. The maximum absolute atomic E-state index is 13.4. The number of rotatable bonds is 4. The van der Waals surface area contributed by atoms with Crippen LogP contribution in [-0.4, -0.2) is 39.7 Å². The Morgan fingerprint density at radius 1 is 1.24 bits per heavy atom. The number of amides is 1. The van der Waals surface area contributed by atoms with Gasteiger partial charge in [-0.25, -0.2) is 0 Å². The topological polar surface area (TPSA) is 64.2 Å². The zero-order valence-electron chi connectivity index (χ0n) is 16.7. The van der Waals surface area contributed by atoms with Gasteiger partial charge in [-0.3, -0.25) is 9.48 Å². The van der Waals surface area contributed by atoms with Crippen LogP contribution in [0.15, 0.2) is 54.0 Å². The molecule has 4 rings (SSSR count). The normalized spacial score (nSPS) is 18.3. The van der Waals surface area contributed by atoms with Crippen molar-refractivity contribution in [3.8, 4) is 10.6 Å². The first-order chi connectivity index (χ1) is 13.4. The molecule has 3 aromatic rings. The van der Waals surface area contributed by atoms with Crippen molar-refractivity contribution in [3.05, 3.63) is 65.2 Å². The Morgan fingerprint density at radius 2 is 2.00 bits per heavy atom. The van der Waals surface area contributed by atoms with E-state index in [0.29, 0.717) is 25.2 Å². The summed E-state index contributed by atoms with van der Waals surface area (Å²) in [4.78, 5) is 16.4. The molecular formula is C22H27ClN4OS. The van der Waals surface area contributed by atoms with E-state index in [9.17, 15) is 4.79 Å². The molecule has 1 unspecified atom stereocenters. The molecule has 3 heterocycles. The Kier molecular flexibility index (Phi) is 6.46. The summed E-state index contributed by atoms with van der Waals surface area (Å²) in [7, 11) is 0. The van der Waals surface area contributed by atoms with E-state index >= 15 is 0 Å². The first kappa shape index (κ1) is 21.6. The van der Waals surface area contributed by atoms with Crippen LogP contribution in [0.4, 0.5) is 0 Å². The Morgan fingerprint density at radius 3 is 2.66 bits per heavy atom. The molecule has 5 nitrogen and oxygen atoms in total. The van der Waals surface area contributed by atoms with E-state index in [1.807, 2.05) is 51.5 Å². The zero-order chi connectivity index (χ0) is 19.7. The highest BCUT2D eigenvalue weighted by Crippen LogP contribution is 2.32. The fraction of sp³-hybridized carbons (Fsp3) is 0.364. The van der Waals surface area contributed by atoms with Crippen molar-refractivity contribution in [2.45, 2.75) is 32.9 Å². The molecule has 7 heteroatoms. The van der Waals surface area contributed by atoms with Crippen molar-refractivity contribution in [2.24, 2.45) is 11.1 Å². The number of carbonyl (C=O) groups is 1. The number of aromatic nitrogens is 2. The molecule has 2 aromatic heterocycles.